The summed E-state index contributed by atoms with van der Waals surface area (Å²) in [7, 11) is 0. The van der Waals surface area contributed by atoms with Gasteiger partial charge in [0, 0.05) is 6.92 Å². The Kier molecular flexibility index (Phi) is 7.12. The lowest BCUT2D eigenvalue weighted by Crippen LogP contribution is -2.40. The number of nitrogens with zero attached hydrogens (tertiary/aromatic N) is 1. The average Bonchev–Trinajstić information content (AvgIpc) is 2.54. The monoisotopic (exact) mass is 348 g/mol. The van der Waals surface area contributed by atoms with Gasteiger partial charge in [-0.25, -0.2) is 10.3 Å². The summed E-state index contributed by atoms with van der Waals surface area (Å²) in [5.74, 6) is -1.30. The number of carbonyl (C=O) groups excluding carboxylic acids is 3. The summed E-state index contributed by atoms with van der Waals surface area (Å²) in [6, 6.07) is 3.88. The molecule has 0 heterocycles. The van der Waals surface area contributed by atoms with Crippen LogP contribution in [0, 0.1) is 12.3 Å². The van der Waals surface area contributed by atoms with E-state index in [9.17, 15) is 24.3 Å². The SMILES string of the molecule is C#CCN(CC(=O)NO)C(=O)Cc1ccc(OC(C)=O)c(C(=O)O)c1. The predicted octanol–water partition coefficient (Wildman–Crippen LogP) is -0.180. The minimum Gasteiger partial charge on any atom is -0.478 e. The molecule has 0 aliphatic rings. The fourth-order valence-electron chi connectivity index (χ4n) is 1.94. The van der Waals surface area contributed by atoms with Gasteiger partial charge in [-0.1, -0.05) is 12.0 Å². The topological polar surface area (TPSA) is 133 Å². The zero-order valence-corrected chi connectivity index (χ0v) is 13.3. The molecule has 0 saturated heterocycles. The van der Waals surface area contributed by atoms with Crippen molar-refractivity contribution in [2.75, 3.05) is 13.1 Å². The molecule has 0 unspecified atom stereocenters. The lowest BCUT2D eigenvalue weighted by Gasteiger charge is -2.19. The predicted molar refractivity (Wildman–Crippen MR) is 83.8 cm³/mol. The number of terminal acetylenes is 1. The van der Waals surface area contributed by atoms with Gasteiger partial charge in [0.05, 0.1) is 13.0 Å². The third-order valence-corrected chi connectivity index (χ3v) is 2.98. The van der Waals surface area contributed by atoms with E-state index in [0.29, 0.717) is 5.56 Å². The average molecular weight is 348 g/mol. The van der Waals surface area contributed by atoms with Crippen molar-refractivity contribution in [1.29, 1.82) is 0 Å². The molecule has 9 nitrogen and oxygen atoms in total. The molecule has 0 radical (unpaired) electrons. The Labute approximate surface area is 143 Å². The Morgan fingerprint density at radius 3 is 2.52 bits per heavy atom. The number of benzene rings is 1. The van der Waals surface area contributed by atoms with Gasteiger partial charge < -0.3 is 14.7 Å². The van der Waals surface area contributed by atoms with Crippen molar-refractivity contribution in [2.24, 2.45) is 0 Å². The molecule has 9 heteroatoms. The van der Waals surface area contributed by atoms with Crippen LogP contribution in [0.3, 0.4) is 0 Å². The van der Waals surface area contributed by atoms with Gasteiger partial charge in [-0.15, -0.1) is 6.42 Å². The number of nitrogens with one attached hydrogen (secondary N) is 1. The number of hydroxylamine groups is 1. The maximum absolute atomic E-state index is 12.2. The first kappa shape index (κ1) is 19.7. The largest absolute Gasteiger partial charge is 0.478 e. The first-order valence-electron chi connectivity index (χ1n) is 6.97. The number of hydrogen-bond donors (Lipinski definition) is 3. The van der Waals surface area contributed by atoms with Gasteiger partial charge in [0.1, 0.15) is 17.9 Å². The second-order valence-electron chi connectivity index (χ2n) is 4.89. The van der Waals surface area contributed by atoms with Crippen LogP contribution in [0.25, 0.3) is 0 Å². The molecule has 0 saturated carbocycles. The summed E-state index contributed by atoms with van der Waals surface area (Å²) in [5.41, 5.74) is 1.44. The molecule has 0 spiro atoms. The number of hydrogen-bond acceptors (Lipinski definition) is 6. The van der Waals surface area contributed by atoms with Gasteiger partial charge in [0.2, 0.25) is 5.91 Å². The minimum absolute atomic E-state index is 0.142. The highest BCUT2D eigenvalue weighted by Crippen LogP contribution is 2.21. The maximum atomic E-state index is 12.2. The fraction of sp³-hybridized carbons (Fsp3) is 0.250. The molecule has 25 heavy (non-hydrogen) atoms. The number of ether oxygens (including phenoxy) is 1. The summed E-state index contributed by atoms with van der Waals surface area (Å²) >= 11 is 0. The van der Waals surface area contributed by atoms with Gasteiger partial charge in [-0.3, -0.25) is 19.6 Å². The van der Waals surface area contributed by atoms with E-state index in [1.807, 2.05) is 0 Å². The third kappa shape index (κ3) is 5.96. The van der Waals surface area contributed by atoms with Crippen LogP contribution in [-0.2, 0) is 20.8 Å². The smallest absolute Gasteiger partial charge is 0.339 e. The Balaban J connectivity index is 3.00. The van der Waals surface area contributed by atoms with Crippen molar-refractivity contribution < 1.29 is 34.2 Å². The van der Waals surface area contributed by atoms with E-state index in [1.54, 1.807) is 0 Å². The van der Waals surface area contributed by atoms with Gasteiger partial charge in [0.15, 0.2) is 0 Å². The van der Waals surface area contributed by atoms with Gasteiger partial charge in [-0.2, -0.15) is 0 Å². The molecule has 0 atom stereocenters. The Bertz CT molecular complexity index is 736. The zero-order valence-electron chi connectivity index (χ0n) is 13.3. The van der Waals surface area contributed by atoms with Crippen LogP contribution in [0.4, 0.5) is 0 Å². The number of carboxylic acids is 1. The van der Waals surface area contributed by atoms with E-state index in [2.05, 4.69) is 5.92 Å². The van der Waals surface area contributed by atoms with Crippen LogP contribution in [0.2, 0.25) is 0 Å². The number of esters is 1. The highest BCUT2D eigenvalue weighted by atomic mass is 16.5. The normalized spacial score (nSPS) is 9.64. The first-order chi connectivity index (χ1) is 11.8. The molecule has 0 bridgehead atoms. The van der Waals surface area contributed by atoms with Crippen LogP contribution in [0.1, 0.15) is 22.8 Å². The van der Waals surface area contributed by atoms with Crippen LogP contribution < -0.4 is 10.2 Å². The van der Waals surface area contributed by atoms with E-state index in [0.717, 1.165) is 11.8 Å². The van der Waals surface area contributed by atoms with Gasteiger partial charge in [-0.05, 0) is 17.7 Å². The summed E-state index contributed by atoms with van der Waals surface area (Å²) < 4.78 is 4.80. The molecule has 2 amide bonds. The second-order valence-corrected chi connectivity index (χ2v) is 4.89. The van der Waals surface area contributed by atoms with Crippen LogP contribution in [-0.4, -0.2) is 52.1 Å². The van der Waals surface area contributed by atoms with Crippen molar-refractivity contribution in [2.45, 2.75) is 13.3 Å². The van der Waals surface area contributed by atoms with Crippen molar-refractivity contribution in [3.05, 3.63) is 29.3 Å². The molecule has 132 valence electrons. The van der Waals surface area contributed by atoms with Crippen molar-refractivity contribution in [1.82, 2.24) is 10.4 Å². The molecule has 0 aromatic heterocycles. The zero-order chi connectivity index (χ0) is 19.0. The Hall–Kier alpha value is -3.38. The van der Waals surface area contributed by atoms with Crippen molar-refractivity contribution in [3.8, 4) is 18.1 Å². The quantitative estimate of drug-likeness (QED) is 0.205. The molecule has 1 aromatic carbocycles. The second kappa shape index (κ2) is 9.05. The van der Waals surface area contributed by atoms with E-state index in [-0.39, 0.29) is 24.3 Å². The molecular formula is C16H16N2O7. The molecular weight excluding hydrogens is 332 g/mol. The van der Waals surface area contributed by atoms with Gasteiger partial charge in [0.25, 0.3) is 5.91 Å². The van der Waals surface area contributed by atoms with Crippen molar-refractivity contribution in [3.63, 3.8) is 0 Å². The summed E-state index contributed by atoms with van der Waals surface area (Å²) in [5, 5.41) is 17.7. The number of rotatable bonds is 7. The van der Waals surface area contributed by atoms with E-state index in [4.69, 9.17) is 16.4 Å². The standard InChI is InChI=1S/C16H16N2O7/c1-3-6-18(9-14(20)17-24)15(21)8-11-4-5-13(25-10(2)19)12(7-11)16(22)23/h1,4-5,7,24H,6,8-9H2,2H3,(H,17,20)(H,22,23). The lowest BCUT2D eigenvalue weighted by atomic mass is 10.1. The fourth-order valence-corrected chi connectivity index (χ4v) is 1.94. The Morgan fingerprint density at radius 1 is 1.32 bits per heavy atom. The molecule has 0 aliphatic carbocycles. The highest BCUT2D eigenvalue weighted by molar-refractivity contribution is 5.93. The van der Waals surface area contributed by atoms with E-state index in [1.165, 1.54) is 23.7 Å². The minimum atomic E-state index is -1.33. The highest BCUT2D eigenvalue weighted by Gasteiger charge is 2.19. The summed E-state index contributed by atoms with van der Waals surface area (Å²) in [6.07, 6.45) is 4.91. The van der Waals surface area contributed by atoms with Crippen molar-refractivity contribution >= 4 is 23.8 Å². The number of aromatic carboxylic acids is 1. The van der Waals surface area contributed by atoms with Crippen LogP contribution >= 0.6 is 0 Å². The van der Waals surface area contributed by atoms with Gasteiger partial charge >= 0.3 is 11.9 Å². The molecule has 1 rings (SSSR count). The third-order valence-electron chi connectivity index (χ3n) is 2.98. The molecule has 1 aromatic rings. The maximum Gasteiger partial charge on any atom is 0.339 e. The molecule has 0 fully saturated rings. The summed E-state index contributed by atoms with van der Waals surface area (Å²) in [6.45, 7) is 0.521. The number of carbonyl (C=O) groups is 4. The van der Waals surface area contributed by atoms with Crippen LogP contribution in [0.15, 0.2) is 18.2 Å². The van der Waals surface area contributed by atoms with Crippen LogP contribution in [0.5, 0.6) is 5.75 Å². The van der Waals surface area contributed by atoms with E-state index >= 15 is 0 Å². The number of carboxylic acid groups (broad SMARTS) is 1. The molecule has 0 aliphatic heterocycles. The first-order valence-corrected chi connectivity index (χ1v) is 6.97. The number of amides is 2. The lowest BCUT2D eigenvalue weighted by molar-refractivity contribution is -0.138. The Morgan fingerprint density at radius 2 is 2.00 bits per heavy atom. The van der Waals surface area contributed by atoms with E-state index < -0.39 is 30.3 Å². The molecule has 3 N–H and O–H groups in total. The summed E-state index contributed by atoms with van der Waals surface area (Å²) in [4.78, 5) is 46.7.